The molecule has 0 spiro atoms. The fraction of sp³-hybridized carbons (Fsp3) is 0.148. The van der Waals surface area contributed by atoms with Crippen LogP contribution in [0.3, 0.4) is 0 Å². The summed E-state index contributed by atoms with van der Waals surface area (Å²) in [5, 5.41) is 2.78. The number of allylic oxidation sites excluding steroid dienone is 4. The number of H-pyrrole nitrogens is 1. The van der Waals surface area contributed by atoms with Gasteiger partial charge in [0.2, 0.25) is 5.91 Å². The zero-order chi connectivity index (χ0) is 24.2. The molecule has 2 aromatic carbocycles. The van der Waals surface area contributed by atoms with E-state index < -0.39 is 0 Å². The van der Waals surface area contributed by atoms with E-state index >= 15 is 0 Å². The molecule has 0 unspecified atom stereocenters. The molecule has 0 saturated heterocycles. The van der Waals surface area contributed by atoms with Crippen molar-refractivity contribution in [2.24, 2.45) is 5.92 Å². The number of aromatic amines is 1. The second kappa shape index (κ2) is 9.62. The number of aromatic nitrogens is 2. The summed E-state index contributed by atoms with van der Waals surface area (Å²) in [5.74, 6) is -0.749. The highest BCUT2D eigenvalue weighted by molar-refractivity contribution is 6.43. The predicted molar refractivity (Wildman–Crippen MR) is 129 cm³/mol. The van der Waals surface area contributed by atoms with E-state index in [0.717, 1.165) is 0 Å². The van der Waals surface area contributed by atoms with Gasteiger partial charge in [0.25, 0.3) is 0 Å². The van der Waals surface area contributed by atoms with Gasteiger partial charge in [0.15, 0.2) is 17.3 Å². The number of amides is 1. The first-order valence-electron chi connectivity index (χ1n) is 10.9. The predicted octanol–water partition coefficient (Wildman–Crippen LogP) is 4.05. The lowest BCUT2D eigenvalue weighted by Crippen LogP contribution is -2.17. The number of benzene rings is 2. The standard InChI is InChI=1S/C27H23N3O4/c1-16(2)27(34)30-19-10-8-18(9-11-19)23(31)12-20-15-28-26(29-20)22-14-24(32)21(13-25(22)33)17-6-4-3-5-7-17/h3-11,13-16H,12H2,1-2H3,(H,28,29)(H,30,34). The van der Waals surface area contributed by atoms with Crippen LogP contribution in [0.1, 0.15) is 41.3 Å². The maximum atomic E-state index is 12.7. The molecule has 2 N–H and O–H groups in total. The molecule has 34 heavy (non-hydrogen) atoms. The number of hydrogen-bond acceptors (Lipinski definition) is 5. The minimum atomic E-state index is -0.329. The number of nitrogens with zero attached hydrogens (tertiary/aromatic N) is 1. The van der Waals surface area contributed by atoms with E-state index in [-0.39, 0.29) is 47.0 Å². The van der Waals surface area contributed by atoms with Crippen molar-refractivity contribution in [2.75, 3.05) is 5.32 Å². The zero-order valence-electron chi connectivity index (χ0n) is 18.8. The van der Waals surface area contributed by atoms with Gasteiger partial charge >= 0.3 is 0 Å². The Kier molecular flexibility index (Phi) is 6.45. The highest BCUT2D eigenvalue weighted by Gasteiger charge is 2.24. The minimum Gasteiger partial charge on any atom is -0.341 e. The second-order valence-corrected chi connectivity index (χ2v) is 8.29. The number of nitrogens with one attached hydrogen (secondary N) is 2. The molecule has 7 heteroatoms. The van der Waals surface area contributed by atoms with E-state index in [1.807, 2.05) is 6.07 Å². The quantitative estimate of drug-likeness (QED) is 0.414. The number of Topliss-reactive ketones (excluding diaryl/α,β-unsaturated/α-hetero) is 1. The molecule has 7 nitrogen and oxygen atoms in total. The Balaban J connectivity index is 1.44. The summed E-state index contributed by atoms with van der Waals surface area (Å²) in [4.78, 5) is 56.9. The molecular formula is C27H23N3O4. The van der Waals surface area contributed by atoms with Crippen molar-refractivity contribution in [3.05, 3.63) is 95.6 Å². The maximum absolute atomic E-state index is 12.7. The van der Waals surface area contributed by atoms with Gasteiger partial charge in [-0.1, -0.05) is 44.2 Å². The SMILES string of the molecule is CC(C)C(=O)Nc1ccc(C(=O)Cc2cnc(C3=CC(=O)C(c4ccccc4)=CC3=O)[nH]2)cc1. The molecule has 0 atom stereocenters. The van der Waals surface area contributed by atoms with Crippen molar-refractivity contribution < 1.29 is 19.2 Å². The lowest BCUT2D eigenvalue weighted by molar-refractivity contribution is -0.119. The van der Waals surface area contributed by atoms with Crippen molar-refractivity contribution in [1.29, 1.82) is 0 Å². The van der Waals surface area contributed by atoms with Gasteiger partial charge in [0.05, 0.1) is 12.0 Å². The number of anilines is 1. The molecule has 4 rings (SSSR count). The van der Waals surface area contributed by atoms with Crippen molar-refractivity contribution in [2.45, 2.75) is 20.3 Å². The van der Waals surface area contributed by atoms with E-state index in [9.17, 15) is 19.2 Å². The molecule has 0 bridgehead atoms. The average molecular weight is 453 g/mol. The van der Waals surface area contributed by atoms with Crippen LogP contribution in [0, 0.1) is 5.92 Å². The number of rotatable bonds is 7. The molecule has 0 aliphatic heterocycles. The van der Waals surface area contributed by atoms with Gasteiger partial charge in [-0.15, -0.1) is 0 Å². The molecule has 3 aromatic rings. The smallest absolute Gasteiger partial charge is 0.226 e. The Morgan fingerprint density at radius 3 is 2.24 bits per heavy atom. The first-order valence-corrected chi connectivity index (χ1v) is 10.9. The molecular weight excluding hydrogens is 430 g/mol. The third-order valence-electron chi connectivity index (χ3n) is 5.40. The number of imidazole rings is 1. The molecule has 0 radical (unpaired) electrons. The second-order valence-electron chi connectivity index (χ2n) is 8.29. The van der Waals surface area contributed by atoms with Crippen LogP contribution in [0.5, 0.6) is 0 Å². The molecule has 0 fully saturated rings. The summed E-state index contributed by atoms with van der Waals surface area (Å²) in [7, 11) is 0. The van der Waals surface area contributed by atoms with Crippen LogP contribution in [0.4, 0.5) is 5.69 Å². The van der Waals surface area contributed by atoms with Gasteiger partial charge < -0.3 is 10.3 Å². The monoisotopic (exact) mass is 453 g/mol. The Hall–Kier alpha value is -4.39. The molecule has 1 heterocycles. The van der Waals surface area contributed by atoms with Gasteiger partial charge in [-0.2, -0.15) is 0 Å². The lowest BCUT2D eigenvalue weighted by atomic mass is 9.92. The Morgan fingerprint density at radius 2 is 1.56 bits per heavy atom. The number of ketones is 3. The summed E-state index contributed by atoms with van der Waals surface area (Å²) in [6.07, 6.45) is 4.13. The fourth-order valence-electron chi connectivity index (χ4n) is 3.48. The van der Waals surface area contributed by atoms with Gasteiger partial charge in [0, 0.05) is 40.7 Å². The third kappa shape index (κ3) is 4.99. The molecule has 170 valence electrons. The van der Waals surface area contributed by atoms with Crippen LogP contribution in [0.25, 0.3) is 11.1 Å². The Bertz CT molecular complexity index is 1330. The van der Waals surface area contributed by atoms with Crippen LogP contribution in [-0.2, 0) is 20.8 Å². The van der Waals surface area contributed by atoms with Gasteiger partial charge in [-0.25, -0.2) is 4.98 Å². The van der Waals surface area contributed by atoms with Crippen LogP contribution < -0.4 is 5.32 Å². The van der Waals surface area contributed by atoms with E-state index in [2.05, 4.69) is 15.3 Å². The topological polar surface area (TPSA) is 109 Å². The summed E-state index contributed by atoms with van der Waals surface area (Å²) in [6, 6.07) is 15.7. The maximum Gasteiger partial charge on any atom is 0.226 e. The number of hydrogen-bond donors (Lipinski definition) is 2. The third-order valence-corrected chi connectivity index (χ3v) is 5.40. The average Bonchev–Trinajstić information content (AvgIpc) is 3.29. The largest absolute Gasteiger partial charge is 0.341 e. The minimum absolute atomic E-state index is 0.0468. The fourth-order valence-corrected chi connectivity index (χ4v) is 3.48. The van der Waals surface area contributed by atoms with Crippen molar-refractivity contribution in [3.63, 3.8) is 0 Å². The highest BCUT2D eigenvalue weighted by Crippen LogP contribution is 2.25. The molecule has 1 aliphatic carbocycles. The molecule has 1 aliphatic rings. The van der Waals surface area contributed by atoms with E-state index in [0.29, 0.717) is 28.1 Å². The van der Waals surface area contributed by atoms with Crippen molar-refractivity contribution in [3.8, 4) is 0 Å². The van der Waals surface area contributed by atoms with E-state index in [1.54, 1.807) is 62.4 Å². The Morgan fingerprint density at radius 1 is 0.912 bits per heavy atom. The lowest BCUT2D eigenvalue weighted by Gasteiger charge is -2.11. The molecule has 1 aromatic heterocycles. The highest BCUT2D eigenvalue weighted by atomic mass is 16.2. The van der Waals surface area contributed by atoms with E-state index in [4.69, 9.17) is 0 Å². The first kappa shape index (κ1) is 22.8. The normalized spacial score (nSPS) is 13.5. The van der Waals surface area contributed by atoms with Crippen LogP contribution in [0.15, 0.2) is 72.9 Å². The van der Waals surface area contributed by atoms with Gasteiger partial charge in [-0.05, 0) is 35.9 Å². The number of carbonyl (C=O) groups excluding carboxylic acids is 4. The van der Waals surface area contributed by atoms with Gasteiger partial charge in [-0.3, -0.25) is 19.2 Å². The van der Waals surface area contributed by atoms with Crippen LogP contribution >= 0.6 is 0 Å². The van der Waals surface area contributed by atoms with Crippen molar-refractivity contribution >= 4 is 40.1 Å². The Labute approximate surface area is 196 Å². The molecule has 1 amide bonds. The van der Waals surface area contributed by atoms with Crippen LogP contribution in [0.2, 0.25) is 0 Å². The molecule has 0 saturated carbocycles. The van der Waals surface area contributed by atoms with Crippen molar-refractivity contribution in [1.82, 2.24) is 9.97 Å². The summed E-state index contributed by atoms with van der Waals surface area (Å²) in [5.41, 5.74) is 2.80. The zero-order valence-corrected chi connectivity index (χ0v) is 18.8. The van der Waals surface area contributed by atoms with Crippen LogP contribution in [-0.4, -0.2) is 33.2 Å². The summed E-state index contributed by atoms with van der Waals surface area (Å²) < 4.78 is 0. The number of carbonyl (C=O) groups is 4. The van der Waals surface area contributed by atoms with E-state index in [1.165, 1.54) is 18.3 Å². The summed E-state index contributed by atoms with van der Waals surface area (Å²) >= 11 is 0. The van der Waals surface area contributed by atoms with Gasteiger partial charge in [0.1, 0.15) is 5.82 Å². The summed E-state index contributed by atoms with van der Waals surface area (Å²) in [6.45, 7) is 3.61. The first-order chi connectivity index (χ1) is 16.3.